The van der Waals surface area contributed by atoms with Crippen molar-refractivity contribution in [2.45, 2.75) is 19.8 Å². The second-order valence-corrected chi connectivity index (χ2v) is 6.36. The molecule has 2 aromatic rings. The van der Waals surface area contributed by atoms with Crippen molar-refractivity contribution in [2.75, 3.05) is 13.2 Å². The van der Waals surface area contributed by atoms with Crippen molar-refractivity contribution in [1.29, 1.82) is 0 Å². The molecule has 8 heteroatoms. The first-order valence-corrected chi connectivity index (χ1v) is 9.04. The summed E-state index contributed by atoms with van der Waals surface area (Å²) in [5, 5.41) is 5.29. The number of aromatic nitrogens is 1. The molecule has 0 aliphatic rings. The SMILES string of the molecule is C=C(CCNC(=O)COc1ccc(Cl)c(F)c1)NC(=O)c1cncc(CC)c1. The first-order chi connectivity index (χ1) is 13.4. The van der Waals surface area contributed by atoms with E-state index in [1.165, 1.54) is 18.3 Å². The Labute approximate surface area is 167 Å². The molecule has 1 aromatic heterocycles. The third-order valence-corrected chi connectivity index (χ3v) is 4.07. The quantitative estimate of drug-likeness (QED) is 0.671. The van der Waals surface area contributed by atoms with E-state index in [-0.39, 0.29) is 35.7 Å². The van der Waals surface area contributed by atoms with Gasteiger partial charge in [-0.3, -0.25) is 14.6 Å². The van der Waals surface area contributed by atoms with Crippen LogP contribution in [0.25, 0.3) is 0 Å². The van der Waals surface area contributed by atoms with Crippen LogP contribution in [0.15, 0.2) is 48.9 Å². The van der Waals surface area contributed by atoms with Crippen LogP contribution in [0.2, 0.25) is 5.02 Å². The minimum absolute atomic E-state index is 0.0189. The zero-order chi connectivity index (χ0) is 20.5. The molecule has 1 heterocycles. The molecule has 0 fully saturated rings. The Morgan fingerprint density at radius 2 is 2.07 bits per heavy atom. The standard InChI is InChI=1S/C20H21ClFN3O3/c1-3-14-8-15(11-23-10-14)20(27)25-13(2)6-7-24-19(26)12-28-16-4-5-17(21)18(22)9-16/h4-5,8-11H,2-3,6-7,12H2,1H3,(H,24,26)(H,25,27). The fourth-order valence-corrected chi connectivity index (χ4v) is 2.34. The summed E-state index contributed by atoms with van der Waals surface area (Å²) < 4.78 is 18.5. The smallest absolute Gasteiger partial charge is 0.257 e. The van der Waals surface area contributed by atoms with Gasteiger partial charge in [0.1, 0.15) is 11.6 Å². The van der Waals surface area contributed by atoms with Crippen LogP contribution in [0.5, 0.6) is 5.75 Å². The summed E-state index contributed by atoms with van der Waals surface area (Å²) in [4.78, 5) is 28.0. The first kappa shape index (κ1) is 21.4. The molecule has 2 N–H and O–H groups in total. The van der Waals surface area contributed by atoms with E-state index < -0.39 is 5.82 Å². The van der Waals surface area contributed by atoms with E-state index in [9.17, 15) is 14.0 Å². The van der Waals surface area contributed by atoms with Gasteiger partial charge in [-0.15, -0.1) is 0 Å². The first-order valence-electron chi connectivity index (χ1n) is 8.66. The topological polar surface area (TPSA) is 80.3 Å². The van der Waals surface area contributed by atoms with Crippen molar-refractivity contribution >= 4 is 23.4 Å². The van der Waals surface area contributed by atoms with Crippen LogP contribution < -0.4 is 15.4 Å². The molecule has 148 valence electrons. The highest BCUT2D eigenvalue weighted by molar-refractivity contribution is 6.30. The number of halogens is 2. The number of carbonyl (C=O) groups is 2. The van der Waals surface area contributed by atoms with Crippen LogP contribution in [0.3, 0.4) is 0 Å². The number of amides is 2. The molecule has 2 rings (SSSR count). The number of benzene rings is 1. The van der Waals surface area contributed by atoms with Gasteiger partial charge in [0.2, 0.25) is 0 Å². The van der Waals surface area contributed by atoms with Crippen molar-refractivity contribution in [3.8, 4) is 5.75 Å². The summed E-state index contributed by atoms with van der Waals surface area (Å²) in [6.45, 7) is 5.76. The van der Waals surface area contributed by atoms with E-state index in [0.717, 1.165) is 18.1 Å². The van der Waals surface area contributed by atoms with Gasteiger partial charge in [-0.25, -0.2) is 4.39 Å². The highest BCUT2D eigenvalue weighted by Crippen LogP contribution is 2.20. The molecule has 28 heavy (non-hydrogen) atoms. The third-order valence-electron chi connectivity index (χ3n) is 3.77. The minimum Gasteiger partial charge on any atom is -0.484 e. The minimum atomic E-state index is -0.619. The van der Waals surface area contributed by atoms with Crippen LogP contribution in [0, 0.1) is 5.82 Å². The molecule has 0 bridgehead atoms. The molecule has 0 unspecified atom stereocenters. The normalized spacial score (nSPS) is 10.2. The number of ether oxygens (including phenoxy) is 1. The van der Waals surface area contributed by atoms with Gasteiger partial charge >= 0.3 is 0 Å². The lowest BCUT2D eigenvalue weighted by molar-refractivity contribution is -0.123. The average Bonchev–Trinajstić information content (AvgIpc) is 2.68. The lowest BCUT2D eigenvalue weighted by Gasteiger charge is -2.10. The number of nitrogens with zero attached hydrogens (tertiary/aromatic N) is 1. The van der Waals surface area contributed by atoms with Crippen LogP contribution in [0.4, 0.5) is 4.39 Å². The number of hydrogen-bond donors (Lipinski definition) is 2. The predicted octanol–water partition coefficient (Wildman–Crippen LogP) is 3.27. The Morgan fingerprint density at radius 1 is 1.29 bits per heavy atom. The summed E-state index contributed by atoms with van der Waals surface area (Å²) >= 11 is 5.58. The Bertz CT molecular complexity index is 874. The molecule has 0 aliphatic heterocycles. The van der Waals surface area contributed by atoms with Crippen LogP contribution in [-0.2, 0) is 11.2 Å². The largest absolute Gasteiger partial charge is 0.484 e. The summed E-state index contributed by atoms with van der Waals surface area (Å²) in [6.07, 6.45) is 4.34. The van der Waals surface area contributed by atoms with Crippen LogP contribution in [0.1, 0.15) is 29.3 Å². The molecule has 0 saturated heterocycles. The van der Waals surface area contributed by atoms with Gasteiger partial charge in [0.05, 0.1) is 10.6 Å². The van der Waals surface area contributed by atoms with Gasteiger partial charge in [0, 0.05) is 37.1 Å². The highest BCUT2D eigenvalue weighted by Gasteiger charge is 2.09. The number of pyridine rings is 1. The molecular formula is C20H21ClFN3O3. The fourth-order valence-electron chi connectivity index (χ4n) is 2.22. The Balaban J connectivity index is 1.70. The fraction of sp³-hybridized carbons (Fsp3) is 0.250. The Kier molecular flexibility index (Phi) is 7.95. The predicted molar refractivity (Wildman–Crippen MR) is 105 cm³/mol. The van der Waals surface area contributed by atoms with Gasteiger partial charge in [0.15, 0.2) is 6.61 Å². The van der Waals surface area contributed by atoms with Gasteiger partial charge in [-0.1, -0.05) is 25.1 Å². The number of rotatable bonds is 9. The van der Waals surface area contributed by atoms with E-state index >= 15 is 0 Å². The number of nitrogens with one attached hydrogen (secondary N) is 2. The summed E-state index contributed by atoms with van der Waals surface area (Å²) in [5.41, 5.74) is 1.88. The lowest BCUT2D eigenvalue weighted by atomic mass is 10.1. The lowest BCUT2D eigenvalue weighted by Crippen LogP contribution is -2.31. The molecule has 0 aliphatic carbocycles. The summed E-state index contributed by atoms with van der Waals surface area (Å²) in [6, 6.07) is 5.70. The van der Waals surface area contributed by atoms with Crippen LogP contribution in [-0.4, -0.2) is 29.9 Å². The summed E-state index contributed by atoms with van der Waals surface area (Å²) in [5.74, 6) is -1.09. The molecular weight excluding hydrogens is 385 g/mol. The molecule has 0 radical (unpaired) electrons. The molecule has 0 saturated carbocycles. The van der Waals surface area contributed by atoms with Gasteiger partial charge < -0.3 is 15.4 Å². The van der Waals surface area contributed by atoms with Gasteiger partial charge in [-0.2, -0.15) is 0 Å². The second kappa shape index (κ2) is 10.4. The maximum atomic E-state index is 13.3. The van der Waals surface area contributed by atoms with Gasteiger partial charge in [-0.05, 0) is 30.2 Å². The van der Waals surface area contributed by atoms with E-state index in [1.807, 2.05) is 6.92 Å². The second-order valence-electron chi connectivity index (χ2n) is 5.96. The molecule has 6 nitrogen and oxygen atoms in total. The van der Waals surface area contributed by atoms with Crippen molar-refractivity contribution in [2.24, 2.45) is 0 Å². The van der Waals surface area contributed by atoms with Crippen molar-refractivity contribution < 1.29 is 18.7 Å². The maximum absolute atomic E-state index is 13.3. The van der Waals surface area contributed by atoms with Crippen molar-refractivity contribution in [1.82, 2.24) is 15.6 Å². The van der Waals surface area contributed by atoms with E-state index in [0.29, 0.717) is 17.7 Å². The highest BCUT2D eigenvalue weighted by atomic mass is 35.5. The van der Waals surface area contributed by atoms with Crippen LogP contribution >= 0.6 is 11.6 Å². The van der Waals surface area contributed by atoms with Crippen molar-refractivity contribution in [3.63, 3.8) is 0 Å². The van der Waals surface area contributed by atoms with Gasteiger partial charge in [0.25, 0.3) is 11.8 Å². The Hall–Kier alpha value is -2.93. The van der Waals surface area contributed by atoms with E-state index in [4.69, 9.17) is 16.3 Å². The van der Waals surface area contributed by atoms with E-state index in [1.54, 1.807) is 12.3 Å². The number of hydrogen-bond acceptors (Lipinski definition) is 4. The molecule has 0 atom stereocenters. The maximum Gasteiger partial charge on any atom is 0.257 e. The van der Waals surface area contributed by atoms with E-state index in [2.05, 4.69) is 22.2 Å². The molecule has 2 amide bonds. The zero-order valence-electron chi connectivity index (χ0n) is 15.4. The zero-order valence-corrected chi connectivity index (χ0v) is 16.2. The number of carbonyl (C=O) groups excluding carboxylic acids is 2. The number of aryl methyl sites for hydroxylation is 1. The summed E-state index contributed by atoms with van der Waals surface area (Å²) in [7, 11) is 0. The average molecular weight is 406 g/mol. The molecule has 1 aromatic carbocycles. The van der Waals surface area contributed by atoms with Crippen molar-refractivity contribution in [3.05, 3.63) is 70.9 Å². The Morgan fingerprint density at radius 3 is 2.79 bits per heavy atom. The monoisotopic (exact) mass is 405 g/mol. The third kappa shape index (κ3) is 6.66. The molecule has 0 spiro atoms.